The van der Waals surface area contributed by atoms with Crippen LogP contribution in [0.15, 0.2) is 11.0 Å². The zero-order valence-electron chi connectivity index (χ0n) is 6.61. The predicted octanol–water partition coefficient (Wildman–Crippen LogP) is 3.44. The van der Waals surface area contributed by atoms with Crippen LogP contribution in [-0.2, 0) is 0 Å². The SMILES string of the molecule is C/C=C1/CCCS1.CC. The van der Waals surface area contributed by atoms with E-state index in [9.17, 15) is 0 Å². The molecule has 0 unspecified atom stereocenters. The van der Waals surface area contributed by atoms with Gasteiger partial charge in [-0.25, -0.2) is 0 Å². The molecule has 0 aromatic rings. The minimum Gasteiger partial charge on any atom is -0.131 e. The van der Waals surface area contributed by atoms with Crippen LogP contribution in [0.2, 0.25) is 0 Å². The van der Waals surface area contributed by atoms with Crippen molar-refractivity contribution in [3.8, 4) is 0 Å². The first-order valence-corrected chi connectivity index (χ1v) is 4.70. The molecule has 1 aliphatic heterocycles. The first-order valence-electron chi connectivity index (χ1n) is 3.71. The minimum atomic E-state index is 1.33. The van der Waals surface area contributed by atoms with Crippen LogP contribution in [0.25, 0.3) is 0 Å². The van der Waals surface area contributed by atoms with Crippen molar-refractivity contribution in [1.29, 1.82) is 0 Å². The Morgan fingerprint density at radius 2 is 2.11 bits per heavy atom. The fourth-order valence-corrected chi connectivity index (χ4v) is 1.76. The first kappa shape index (κ1) is 9.09. The monoisotopic (exact) mass is 144 g/mol. The van der Waals surface area contributed by atoms with Gasteiger partial charge in [0.05, 0.1) is 0 Å². The summed E-state index contributed by atoms with van der Waals surface area (Å²) in [5.74, 6) is 1.35. The largest absolute Gasteiger partial charge is 0.131 e. The van der Waals surface area contributed by atoms with Gasteiger partial charge >= 0.3 is 0 Å². The van der Waals surface area contributed by atoms with Crippen LogP contribution in [0.3, 0.4) is 0 Å². The third-order valence-corrected chi connectivity index (χ3v) is 2.48. The quantitative estimate of drug-likeness (QED) is 0.502. The molecule has 1 heterocycles. The van der Waals surface area contributed by atoms with E-state index in [1.807, 2.05) is 25.6 Å². The highest BCUT2D eigenvalue weighted by Crippen LogP contribution is 2.29. The number of thioether (sulfide) groups is 1. The zero-order chi connectivity index (χ0) is 7.11. The zero-order valence-corrected chi connectivity index (χ0v) is 7.42. The smallest absolute Gasteiger partial charge is 0.00200 e. The Kier molecular flexibility index (Phi) is 6.28. The molecular weight excluding hydrogens is 128 g/mol. The summed E-state index contributed by atoms with van der Waals surface area (Å²) >= 11 is 2.00. The van der Waals surface area contributed by atoms with E-state index < -0.39 is 0 Å². The summed E-state index contributed by atoms with van der Waals surface area (Å²) in [6.07, 6.45) is 4.95. The van der Waals surface area contributed by atoms with E-state index in [0.29, 0.717) is 0 Å². The van der Waals surface area contributed by atoms with Gasteiger partial charge in [-0.3, -0.25) is 0 Å². The van der Waals surface area contributed by atoms with Gasteiger partial charge in [0.1, 0.15) is 0 Å². The summed E-state index contributed by atoms with van der Waals surface area (Å²) in [7, 11) is 0. The summed E-state index contributed by atoms with van der Waals surface area (Å²) in [6.45, 7) is 6.12. The van der Waals surface area contributed by atoms with Crippen LogP contribution in [0.4, 0.5) is 0 Å². The van der Waals surface area contributed by atoms with Crippen LogP contribution in [0.1, 0.15) is 33.6 Å². The second-order valence-electron chi connectivity index (χ2n) is 1.71. The minimum absolute atomic E-state index is 1.33. The van der Waals surface area contributed by atoms with Crippen molar-refractivity contribution in [3.05, 3.63) is 11.0 Å². The van der Waals surface area contributed by atoms with E-state index in [-0.39, 0.29) is 0 Å². The Labute approximate surface area is 62.7 Å². The van der Waals surface area contributed by atoms with Crippen LogP contribution >= 0.6 is 11.8 Å². The van der Waals surface area contributed by atoms with Crippen molar-refractivity contribution in [2.75, 3.05) is 5.75 Å². The predicted molar refractivity (Wildman–Crippen MR) is 46.8 cm³/mol. The Balaban J connectivity index is 0.000000291. The Morgan fingerprint density at radius 3 is 2.33 bits per heavy atom. The lowest BCUT2D eigenvalue weighted by molar-refractivity contribution is 0.993. The summed E-state index contributed by atoms with van der Waals surface area (Å²) in [5, 5.41) is 0. The molecule has 0 N–H and O–H groups in total. The van der Waals surface area contributed by atoms with E-state index in [0.717, 1.165) is 0 Å². The fourth-order valence-electron chi connectivity index (χ4n) is 0.750. The van der Waals surface area contributed by atoms with Gasteiger partial charge in [-0.05, 0) is 30.4 Å². The molecule has 0 bridgehead atoms. The van der Waals surface area contributed by atoms with Crippen molar-refractivity contribution in [2.45, 2.75) is 33.6 Å². The van der Waals surface area contributed by atoms with Gasteiger partial charge < -0.3 is 0 Å². The average molecular weight is 144 g/mol. The van der Waals surface area contributed by atoms with Crippen LogP contribution in [-0.4, -0.2) is 5.75 Å². The van der Waals surface area contributed by atoms with Crippen molar-refractivity contribution in [1.82, 2.24) is 0 Å². The highest BCUT2D eigenvalue weighted by Gasteiger charge is 2.03. The molecule has 0 radical (unpaired) electrons. The number of allylic oxidation sites excluding steroid dienone is 2. The van der Waals surface area contributed by atoms with Gasteiger partial charge in [0.25, 0.3) is 0 Å². The van der Waals surface area contributed by atoms with E-state index >= 15 is 0 Å². The number of hydrogen-bond acceptors (Lipinski definition) is 1. The lowest BCUT2D eigenvalue weighted by Gasteiger charge is -1.85. The highest BCUT2D eigenvalue weighted by atomic mass is 32.2. The third-order valence-electron chi connectivity index (χ3n) is 1.18. The molecule has 0 amide bonds. The van der Waals surface area contributed by atoms with Gasteiger partial charge in [-0.15, -0.1) is 11.8 Å². The second-order valence-corrected chi connectivity index (χ2v) is 2.93. The lowest BCUT2D eigenvalue weighted by Crippen LogP contribution is -1.60. The first-order chi connectivity index (χ1) is 4.43. The topological polar surface area (TPSA) is 0 Å². The maximum absolute atomic E-state index is 2.22. The number of rotatable bonds is 0. The molecule has 0 aromatic heterocycles. The fraction of sp³-hybridized carbons (Fsp3) is 0.750. The summed E-state index contributed by atoms with van der Waals surface area (Å²) in [4.78, 5) is 1.58. The molecular formula is C8H16S. The number of hydrogen-bond donors (Lipinski definition) is 0. The third kappa shape index (κ3) is 3.63. The molecule has 0 atom stereocenters. The van der Waals surface area contributed by atoms with Crippen molar-refractivity contribution in [2.24, 2.45) is 0 Å². The molecule has 1 heteroatoms. The molecule has 0 nitrogen and oxygen atoms in total. The van der Waals surface area contributed by atoms with Crippen LogP contribution in [0.5, 0.6) is 0 Å². The highest BCUT2D eigenvalue weighted by molar-refractivity contribution is 8.03. The maximum Gasteiger partial charge on any atom is -0.00200 e. The van der Waals surface area contributed by atoms with Crippen molar-refractivity contribution < 1.29 is 0 Å². The van der Waals surface area contributed by atoms with Gasteiger partial charge in [-0.2, -0.15) is 0 Å². The average Bonchev–Trinajstić information content (AvgIpc) is 2.43. The maximum atomic E-state index is 2.22. The van der Waals surface area contributed by atoms with Crippen molar-refractivity contribution in [3.63, 3.8) is 0 Å². The standard InChI is InChI=1S/C6H10S.C2H6/c1-2-6-4-3-5-7-6;1-2/h2H,3-5H2,1H3;1-2H3/b6-2-;. The van der Waals surface area contributed by atoms with Crippen LogP contribution in [0, 0.1) is 0 Å². The van der Waals surface area contributed by atoms with E-state index in [1.165, 1.54) is 18.6 Å². The molecule has 1 fully saturated rings. The van der Waals surface area contributed by atoms with Crippen molar-refractivity contribution >= 4 is 11.8 Å². The summed E-state index contributed by atoms with van der Waals surface area (Å²) < 4.78 is 0. The van der Waals surface area contributed by atoms with Gasteiger partial charge in [0.15, 0.2) is 0 Å². The normalized spacial score (nSPS) is 21.4. The van der Waals surface area contributed by atoms with E-state index in [1.54, 1.807) is 4.91 Å². The summed E-state index contributed by atoms with van der Waals surface area (Å²) in [5.41, 5.74) is 0. The van der Waals surface area contributed by atoms with Crippen LogP contribution < -0.4 is 0 Å². The molecule has 1 saturated heterocycles. The Hall–Kier alpha value is 0.0900. The van der Waals surface area contributed by atoms with E-state index in [2.05, 4.69) is 13.0 Å². The Bertz CT molecular complexity index is 76.6. The summed E-state index contributed by atoms with van der Waals surface area (Å²) in [6, 6.07) is 0. The Morgan fingerprint density at radius 1 is 1.44 bits per heavy atom. The molecule has 1 aliphatic rings. The molecule has 1 rings (SSSR count). The molecule has 0 saturated carbocycles. The molecule has 0 aromatic carbocycles. The molecule has 0 spiro atoms. The van der Waals surface area contributed by atoms with E-state index in [4.69, 9.17) is 0 Å². The van der Waals surface area contributed by atoms with Gasteiger partial charge in [0.2, 0.25) is 0 Å². The lowest BCUT2D eigenvalue weighted by atomic mass is 10.3. The molecule has 0 aliphatic carbocycles. The molecule has 54 valence electrons. The second kappa shape index (κ2) is 6.21. The molecule has 9 heavy (non-hydrogen) atoms. The van der Waals surface area contributed by atoms with Gasteiger partial charge in [0, 0.05) is 0 Å². The van der Waals surface area contributed by atoms with Gasteiger partial charge in [-0.1, -0.05) is 19.9 Å².